The lowest BCUT2D eigenvalue weighted by atomic mass is 10.1. The molecule has 1 aromatic rings. The molecular formula is C14H15NO. The maximum atomic E-state index is 8.81. The Bertz CT molecular complexity index is 449. The molecule has 0 amide bonds. The third-order valence-electron chi connectivity index (χ3n) is 2.24. The number of aryl methyl sites for hydroxylation is 2. The lowest BCUT2D eigenvalue weighted by Crippen LogP contribution is -2.00. The minimum absolute atomic E-state index is 0.592. The average Bonchev–Trinajstić information content (AvgIpc) is 2.26. The summed E-state index contributed by atoms with van der Waals surface area (Å²) in [6.45, 7) is 6.32. The van der Waals surface area contributed by atoms with Crippen LogP contribution in [0.15, 0.2) is 12.1 Å². The molecule has 1 rings (SSSR count). The second kappa shape index (κ2) is 5.83. The fourth-order valence-electron chi connectivity index (χ4n) is 1.57. The van der Waals surface area contributed by atoms with Gasteiger partial charge in [0.2, 0.25) is 0 Å². The molecule has 0 N–H and O–H groups in total. The van der Waals surface area contributed by atoms with Crippen LogP contribution in [0.3, 0.4) is 0 Å². The molecule has 0 heterocycles. The minimum atomic E-state index is 0.592. The van der Waals surface area contributed by atoms with Crippen molar-refractivity contribution in [3.63, 3.8) is 0 Å². The summed E-state index contributed by atoms with van der Waals surface area (Å²) in [5.74, 6) is 6.65. The Kier molecular flexibility index (Phi) is 4.42. The number of hydrogen-bond acceptors (Lipinski definition) is 2. The molecular weight excluding hydrogens is 198 g/mol. The van der Waals surface area contributed by atoms with Gasteiger partial charge in [0.25, 0.3) is 0 Å². The number of benzene rings is 1. The molecule has 0 spiro atoms. The molecule has 2 heteroatoms. The summed E-state index contributed by atoms with van der Waals surface area (Å²) in [6.07, 6.45) is 0.732. The van der Waals surface area contributed by atoms with Gasteiger partial charge in [-0.2, -0.15) is 5.26 Å². The third kappa shape index (κ3) is 3.04. The van der Waals surface area contributed by atoms with E-state index >= 15 is 0 Å². The summed E-state index contributed by atoms with van der Waals surface area (Å²) in [7, 11) is 0. The molecule has 0 saturated heterocycles. The van der Waals surface area contributed by atoms with Gasteiger partial charge in [0, 0.05) is 6.42 Å². The maximum Gasteiger partial charge on any atom is 0.125 e. The van der Waals surface area contributed by atoms with Crippen LogP contribution in [0.25, 0.3) is 0 Å². The SMILES string of the molecule is CC#CCCOc1c(C)cc(C#N)cc1C. The molecule has 2 nitrogen and oxygen atoms in total. The molecule has 0 aliphatic heterocycles. The predicted molar refractivity (Wildman–Crippen MR) is 64.2 cm³/mol. The Morgan fingerprint density at radius 1 is 1.25 bits per heavy atom. The Hall–Kier alpha value is -1.93. The summed E-state index contributed by atoms with van der Waals surface area (Å²) >= 11 is 0. The van der Waals surface area contributed by atoms with Crippen LogP contribution < -0.4 is 4.74 Å². The molecule has 0 aliphatic carbocycles. The molecule has 0 unspecified atom stereocenters. The smallest absolute Gasteiger partial charge is 0.125 e. The van der Waals surface area contributed by atoms with E-state index in [2.05, 4.69) is 17.9 Å². The van der Waals surface area contributed by atoms with Crippen molar-refractivity contribution in [3.8, 4) is 23.7 Å². The van der Waals surface area contributed by atoms with Crippen LogP contribution >= 0.6 is 0 Å². The Labute approximate surface area is 96.9 Å². The molecule has 1 aromatic carbocycles. The molecule has 82 valence electrons. The third-order valence-corrected chi connectivity index (χ3v) is 2.24. The Morgan fingerprint density at radius 2 is 1.88 bits per heavy atom. The van der Waals surface area contributed by atoms with Crippen LogP contribution in [0.2, 0.25) is 0 Å². The van der Waals surface area contributed by atoms with Crippen LogP contribution in [0.5, 0.6) is 5.75 Å². The van der Waals surface area contributed by atoms with Crippen molar-refractivity contribution in [2.24, 2.45) is 0 Å². The summed E-state index contributed by atoms with van der Waals surface area (Å²) < 4.78 is 5.66. The standard InChI is InChI=1S/C14H15NO/c1-4-5-6-7-16-14-11(2)8-13(10-15)9-12(14)3/h8-9H,6-7H2,1-3H3. The average molecular weight is 213 g/mol. The molecule has 0 fully saturated rings. The van der Waals surface area contributed by atoms with Crippen molar-refractivity contribution >= 4 is 0 Å². The highest BCUT2D eigenvalue weighted by Gasteiger charge is 2.05. The minimum Gasteiger partial charge on any atom is -0.492 e. The van der Waals surface area contributed by atoms with Gasteiger partial charge in [0.05, 0.1) is 18.2 Å². The molecule has 0 atom stereocenters. The maximum absolute atomic E-state index is 8.81. The van der Waals surface area contributed by atoms with Crippen molar-refractivity contribution in [3.05, 3.63) is 28.8 Å². The van der Waals surface area contributed by atoms with Gasteiger partial charge in [-0.3, -0.25) is 0 Å². The van der Waals surface area contributed by atoms with E-state index in [-0.39, 0.29) is 0 Å². The van der Waals surface area contributed by atoms with Crippen molar-refractivity contribution in [2.45, 2.75) is 27.2 Å². The van der Waals surface area contributed by atoms with Gasteiger partial charge in [0.15, 0.2) is 0 Å². The van der Waals surface area contributed by atoms with E-state index in [0.29, 0.717) is 12.2 Å². The molecule has 0 aliphatic rings. The number of ether oxygens (including phenoxy) is 1. The van der Waals surface area contributed by atoms with Crippen molar-refractivity contribution in [1.82, 2.24) is 0 Å². The van der Waals surface area contributed by atoms with Gasteiger partial charge < -0.3 is 4.74 Å². The summed E-state index contributed by atoms with van der Waals surface area (Å²) in [4.78, 5) is 0. The number of nitriles is 1. The highest BCUT2D eigenvalue weighted by molar-refractivity contribution is 5.47. The monoisotopic (exact) mass is 213 g/mol. The highest BCUT2D eigenvalue weighted by atomic mass is 16.5. The fourth-order valence-corrected chi connectivity index (χ4v) is 1.57. The lowest BCUT2D eigenvalue weighted by Gasteiger charge is -2.11. The number of hydrogen-bond donors (Lipinski definition) is 0. The lowest BCUT2D eigenvalue weighted by molar-refractivity contribution is 0.322. The van der Waals surface area contributed by atoms with E-state index in [1.54, 1.807) is 0 Å². The van der Waals surface area contributed by atoms with Crippen molar-refractivity contribution in [2.75, 3.05) is 6.61 Å². The van der Waals surface area contributed by atoms with Crippen LogP contribution in [0, 0.1) is 37.0 Å². The molecule has 0 aromatic heterocycles. The van der Waals surface area contributed by atoms with Gasteiger partial charge >= 0.3 is 0 Å². The van der Waals surface area contributed by atoms with Gasteiger partial charge in [-0.1, -0.05) is 0 Å². The van der Waals surface area contributed by atoms with E-state index in [1.807, 2.05) is 32.9 Å². The molecule has 0 saturated carbocycles. The number of rotatable bonds is 3. The highest BCUT2D eigenvalue weighted by Crippen LogP contribution is 2.24. The normalized spacial score (nSPS) is 8.88. The first-order valence-corrected chi connectivity index (χ1v) is 5.22. The topological polar surface area (TPSA) is 33.0 Å². The van der Waals surface area contributed by atoms with E-state index < -0.39 is 0 Å². The van der Waals surface area contributed by atoms with Crippen molar-refractivity contribution < 1.29 is 4.74 Å². The zero-order valence-corrected chi connectivity index (χ0v) is 9.92. The summed E-state index contributed by atoms with van der Waals surface area (Å²) in [5, 5.41) is 8.81. The number of nitrogens with zero attached hydrogens (tertiary/aromatic N) is 1. The first-order valence-electron chi connectivity index (χ1n) is 5.22. The van der Waals surface area contributed by atoms with Crippen LogP contribution in [0.1, 0.15) is 30.0 Å². The fraction of sp³-hybridized carbons (Fsp3) is 0.357. The van der Waals surface area contributed by atoms with Gasteiger partial charge in [-0.05, 0) is 44.0 Å². The quantitative estimate of drug-likeness (QED) is 0.571. The summed E-state index contributed by atoms with van der Waals surface area (Å²) in [5.41, 5.74) is 2.68. The predicted octanol–water partition coefficient (Wildman–Crippen LogP) is 2.97. The summed E-state index contributed by atoms with van der Waals surface area (Å²) in [6, 6.07) is 5.82. The molecule has 0 radical (unpaired) electrons. The van der Waals surface area contributed by atoms with E-state index in [0.717, 1.165) is 23.3 Å². The second-order valence-electron chi connectivity index (χ2n) is 3.58. The Morgan fingerprint density at radius 3 is 2.38 bits per heavy atom. The first kappa shape index (κ1) is 12.1. The molecule has 16 heavy (non-hydrogen) atoms. The second-order valence-corrected chi connectivity index (χ2v) is 3.58. The largest absolute Gasteiger partial charge is 0.492 e. The van der Waals surface area contributed by atoms with Gasteiger partial charge in [-0.15, -0.1) is 11.8 Å². The first-order chi connectivity index (χ1) is 7.69. The van der Waals surface area contributed by atoms with Gasteiger partial charge in [0.1, 0.15) is 5.75 Å². The van der Waals surface area contributed by atoms with Crippen LogP contribution in [0.4, 0.5) is 0 Å². The molecule has 0 bridgehead atoms. The van der Waals surface area contributed by atoms with Crippen LogP contribution in [-0.4, -0.2) is 6.61 Å². The van der Waals surface area contributed by atoms with Gasteiger partial charge in [-0.25, -0.2) is 0 Å². The zero-order valence-electron chi connectivity index (χ0n) is 9.92. The Balaban J connectivity index is 2.80. The zero-order chi connectivity index (χ0) is 12.0. The van der Waals surface area contributed by atoms with Crippen LogP contribution in [-0.2, 0) is 0 Å². The van der Waals surface area contributed by atoms with E-state index in [1.165, 1.54) is 0 Å². The van der Waals surface area contributed by atoms with E-state index in [4.69, 9.17) is 10.00 Å². The van der Waals surface area contributed by atoms with E-state index in [9.17, 15) is 0 Å². The van der Waals surface area contributed by atoms with Crippen molar-refractivity contribution in [1.29, 1.82) is 5.26 Å².